The van der Waals surface area contributed by atoms with Gasteiger partial charge in [0.15, 0.2) is 0 Å². The Bertz CT molecular complexity index is 499. The molecule has 4 nitrogen and oxygen atoms in total. The molecule has 0 amide bonds. The van der Waals surface area contributed by atoms with Crippen LogP contribution >= 0.6 is 0 Å². The lowest BCUT2D eigenvalue weighted by Crippen LogP contribution is -2.64. The van der Waals surface area contributed by atoms with E-state index in [0.717, 1.165) is 6.92 Å². The number of allylic oxidation sites excluding steroid dienone is 2. The Morgan fingerprint density at radius 2 is 2.10 bits per heavy atom. The van der Waals surface area contributed by atoms with Crippen molar-refractivity contribution in [3.05, 3.63) is 24.2 Å². The van der Waals surface area contributed by atoms with E-state index in [1.54, 1.807) is 0 Å². The van der Waals surface area contributed by atoms with Crippen LogP contribution in [0.4, 0.5) is 17.6 Å². The molecule has 0 aliphatic carbocycles. The second kappa shape index (κ2) is 4.47. The van der Waals surface area contributed by atoms with Gasteiger partial charge in [-0.25, -0.2) is 4.39 Å². The molecule has 0 aromatic carbocycles. The number of dihydropyridines is 1. The highest BCUT2D eigenvalue weighted by molar-refractivity contribution is 5.90. The normalized spacial score (nSPS) is 38.0. The largest absolute Gasteiger partial charge is 0.424 e. The first kappa shape index (κ1) is 14.8. The minimum Gasteiger partial charge on any atom is -0.385 e. The van der Waals surface area contributed by atoms with Crippen LogP contribution < -0.4 is 11.1 Å². The van der Waals surface area contributed by atoms with E-state index in [0.29, 0.717) is 0 Å². The molecule has 0 aromatic rings. The minimum atomic E-state index is -4.68. The minimum absolute atomic E-state index is 0.406. The first-order chi connectivity index (χ1) is 9.10. The summed E-state index contributed by atoms with van der Waals surface area (Å²) < 4.78 is 57.6. The zero-order valence-corrected chi connectivity index (χ0v) is 11.0. The lowest BCUT2D eigenvalue weighted by Gasteiger charge is -2.43. The Morgan fingerprint density at radius 3 is 2.60 bits per heavy atom. The van der Waals surface area contributed by atoms with E-state index in [1.165, 1.54) is 25.3 Å². The van der Waals surface area contributed by atoms with Gasteiger partial charge in [-0.05, 0) is 32.2 Å². The van der Waals surface area contributed by atoms with Gasteiger partial charge >= 0.3 is 6.18 Å². The molecule has 0 spiro atoms. The molecule has 0 bridgehead atoms. The Morgan fingerprint density at radius 1 is 1.45 bits per heavy atom. The maximum absolute atomic E-state index is 13.8. The second-order valence-electron chi connectivity index (χ2n) is 5.18. The Labute approximate surface area is 113 Å². The molecule has 112 valence electrons. The first-order valence-electron chi connectivity index (χ1n) is 5.95. The Balaban J connectivity index is 2.35. The quantitative estimate of drug-likeness (QED) is 0.725. The van der Waals surface area contributed by atoms with Crippen molar-refractivity contribution in [2.24, 2.45) is 10.7 Å². The molecule has 0 fully saturated rings. The van der Waals surface area contributed by atoms with E-state index >= 15 is 0 Å². The number of nitrogens with two attached hydrogens (primary N) is 1. The van der Waals surface area contributed by atoms with Gasteiger partial charge in [-0.15, -0.1) is 0 Å². The molecular weight excluding hydrogens is 278 g/mol. The fraction of sp³-hybridized carbons (Fsp3) is 0.583. The van der Waals surface area contributed by atoms with E-state index in [4.69, 9.17) is 10.5 Å². The summed E-state index contributed by atoms with van der Waals surface area (Å²) in [6, 6.07) is -0.913. The number of halogens is 4. The molecule has 0 saturated heterocycles. The van der Waals surface area contributed by atoms with Crippen LogP contribution in [0.25, 0.3) is 0 Å². The van der Waals surface area contributed by atoms with Gasteiger partial charge in [0.25, 0.3) is 0 Å². The van der Waals surface area contributed by atoms with E-state index in [1.807, 2.05) is 0 Å². The molecule has 2 rings (SSSR count). The van der Waals surface area contributed by atoms with Gasteiger partial charge in [-0.1, -0.05) is 0 Å². The van der Waals surface area contributed by atoms with E-state index < -0.39 is 41.6 Å². The van der Waals surface area contributed by atoms with Crippen LogP contribution in [0.2, 0.25) is 0 Å². The number of alkyl halides is 3. The van der Waals surface area contributed by atoms with Gasteiger partial charge in [0.1, 0.15) is 23.2 Å². The Kier molecular flexibility index (Phi) is 3.32. The average molecular weight is 293 g/mol. The average Bonchev–Trinajstić information content (AvgIpc) is 2.33. The summed E-state index contributed by atoms with van der Waals surface area (Å²) in [6.07, 6.45) is -0.528. The maximum Gasteiger partial charge on any atom is 0.424 e. The third kappa shape index (κ3) is 2.17. The summed E-state index contributed by atoms with van der Waals surface area (Å²) in [5.74, 6) is -1.24. The number of ether oxygens (including phenoxy) is 1. The third-order valence-corrected chi connectivity index (χ3v) is 3.57. The monoisotopic (exact) mass is 293 g/mol. The molecule has 3 atom stereocenters. The summed E-state index contributed by atoms with van der Waals surface area (Å²) in [6.45, 7) is 1.89. The van der Waals surface area contributed by atoms with Gasteiger partial charge in [0.2, 0.25) is 5.60 Å². The maximum atomic E-state index is 13.8. The lowest BCUT2D eigenvalue weighted by molar-refractivity contribution is -0.249. The van der Waals surface area contributed by atoms with Crippen LogP contribution in [-0.4, -0.2) is 35.8 Å². The smallest absolute Gasteiger partial charge is 0.385 e. The SMILES string of the molecule is C[C@@]1(C2NC=CC=C2F)CO[C@@](C)(C(F)(F)F)C(N)=N1. The molecule has 0 aromatic heterocycles. The summed E-state index contributed by atoms with van der Waals surface area (Å²) in [5.41, 5.74) is 1.55. The van der Waals surface area contributed by atoms with E-state index in [-0.39, 0.29) is 0 Å². The molecule has 20 heavy (non-hydrogen) atoms. The van der Waals surface area contributed by atoms with Crippen LogP contribution in [0.15, 0.2) is 29.2 Å². The number of aliphatic imine (C=N–C) groups is 1. The van der Waals surface area contributed by atoms with E-state index in [9.17, 15) is 17.6 Å². The fourth-order valence-corrected chi connectivity index (χ4v) is 2.10. The number of hydrogen-bond acceptors (Lipinski definition) is 4. The van der Waals surface area contributed by atoms with Crippen molar-refractivity contribution in [3.8, 4) is 0 Å². The van der Waals surface area contributed by atoms with Gasteiger partial charge in [0.05, 0.1) is 6.61 Å². The van der Waals surface area contributed by atoms with Gasteiger partial charge in [-0.3, -0.25) is 4.99 Å². The zero-order valence-electron chi connectivity index (χ0n) is 11.0. The zero-order chi connectivity index (χ0) is 15.2. The number of nitrogens with zero attached hydrogens (tertiary/aromatic N) is 1. The van der Waals surface area contributed by atoms with Crippen molar-refractivity contribution in [2.45, 2.75) is 37.2 Å². The van der Waals surface area contributed by atoms with Crippen molar-refractivity contribution in [2.75, 3.05) is 6.61 Å². The van der Waals surface area contributed by atoms with Crippen molar-refractivity contribution in [3.63, 3.8) is 0 Å². The molecule has 2 heterocycles. The molecule has 0 radical (unpaired) electrons. The summed E-state index contributed by atoms with van der Waals surface area (Å²) in [5, 5.41) is 2.72. The van der Waals surface area contributed by atoms with Crippen LogP contribution in [-0.2, 0) is 4.74 Å². The van der Waals surface area contributed by atoms with Crippen LogP contribution in [0.1, 0.15) is 13.8 Å². The van der Waals surface area contributed by atoms with Crippen molar-refractivity contribution in [1.82, 2.24) is 5.32 Å². The standard InChI is InChI=1S/C12H15F4N3O/c1-10(8-7(13)4-3-5-18-8)6-20-11(2,9(17)19-10)12(14,15)16/h3-5,8,18H,6H2,1-2H3,(H2,17,19)/t8?,10-,11+/m0/s1. The molecule has 2 aliphatic heterocycles. The highest BCUT2D eigenvalue weighted by atomic mass is 19.4. The van der Waals surface area contributed by atoms with Crippen molar-refractivity contribution in [1.29, 1.82) is 0 Å². The predicted molar refractivity (Wildman–Crippen MR) is 65.7 cm³/mol. The highest BCUT2D eigenvalue weighted by Crippen LogP contribution is 2.39. The molecule has 1 unspecified atom stereocenters. The summed E-state index contributed by atoms with van der Waals surface area (Å²) in [7, 11) is 0. The number of hydrogen-bond donors (Lipinski definition) is 2. The predicted octanol–water partition coefficient (Wildman–Crippen LogP) is 1.79. The highest BCUT2D eigenvalue weighted by Gasteiger charge is 2.59. The molecule has 3 N–H and O–H groups in total. The van der Waals surface area contributed by atoms with Crippen molar-refractivity contribution >= 4 is 5.84 Å². The number of nitrogens with one attached hydrogen (secondary N) is 1. The number of amidine groups is 1. The molecule has 2 aliphatic rings. The van der Waals surface area contributed by atoms with E-state index in [2.05, 4.69) is 10.3 Å². The summed E-state index contributed by atoms with van der Waals surface area (Å²) in [4.78, 5) is 3.88. The summed E-state index contributed by atoms with van der Waals surface area (Å²) >= 11 is 0. The molecule has 0 saturated carbocycles. The van der Waals surface area contributed by atoms with Crippen LogP contribution in [0.5, 0.6) is 0 Å². The van der Waals surface area contributed by atoms with Crippen molar-refractivity contribution < 1.29 is 22.3 Å². The fourth-order valence-electron chi connectivity index (χ4n) is 2.10. The number of rotatable bonds is 1. The van der Waals surface area contributed by atoms with Gasteiger partial charge in [0, 0.05) is 0 Å². The molecule has 8 heteroatoms. The van der Waals surface area contributed by atoms with Crippen LogP contribution in [0.3, 0.4) is 0 Å². The second-order valence-corrected chi connectivity index (χ2v) is 5.18. The Hall–Kier alpha value is -1.57. The molecular formula is C12H15F4N3O. The third-order valence-electron chi connectivity index (χ3n) is 3.57. The lowest BCUT2D eigenvalue weighted by atomic mass is 9.88. The topological polar surface area (TPSA) is 59.6 Å². The first-order valence-corrected chi connectivity index (χ1v) is 5.95. The van der Waals surface area contributed by atoms with Crippen LogP contribution in [0, 0.1) is 0 Å². The van der Waals surface area contributed by atoms with Gasteiger partial charge < -0.3 is 15.8 Å². The van der Waals surface area contributed by atoms with Gasteiger partial charge in [-0.2, -0.15) is 13.2 Å².